The quantitative estimate of drug-likeness (QED) is 0.693. The lowest BCUT2D eigenvalue weighted by atomic mass is 10.0. The van der Waals surface area contributed by atoms with Crippen LogP contribution in [0.5, 0.6) is 0 Å². The van der Waals surface area contributed by atoms with Crippen LogP contribution < -0.4 is 0 Å². The third-order valence-corrected chi connectivity index (χ3v) is 2.24. The van der Waals surface area contributed by atoms with Crippen molar-refractivity contribution in [2.45, 2.75) is 19.4 Å². The van der Waals surface area contributed by atoms with Gasteiger partial charge in [0, 0.05) is 6.04 Å². The van der Waals surface area contributed by atoms with Crippen molar-refractivity contribution in [2.75, 3.05) is 14.1 Å². The minimum atomic E-state index is -0.155. The lowest BCUT2D eigenvalue weighted by molar-refractivity contribution is 0.291. The van der Waals surface area contributed by atoms with Gasteiger partial charge in [0.2, 0.25) is 0 Å². The van der Waals surface area contributed by atoms with E-state index < -0.39 is 0 Å². The van der Waals surface area contributed by atoms with Crippen LogP contribution in [0, 0.1) is 5.82 Å². The molecule has 2 heteroatoms. The molecule has 1 atom stereocenters. The number of hydrogen-bond donors (Lipinski definition) is 0. The van der Waals surface area contributed by atoms with Crippen LogP contribution in [0.3, 0.4) is 0 Å². The van der Waals surface area contributed by atoms with E-state index in [1.54, 1.807) is 12.1 Å². The van der Waals surface area contributed by atoms with Crippen LogP contribution in [0.2, 0.25) is 0 Å². The van der Waals surface area contributed by atoms with Crippen LogP contribution in [0.4, 0.5) is 4.39 Å². The molecule has 0 radical (unpaired) electrons. The van der Waals surface area contributed by atoms with Gasteiger partial charge in [0.25, 0.3) is 0 Å². The highest BCUT2D eigenvalue weighted by Gasteiger charge is 2.11. The molecule has 0 aliphatic carbocycles. The molecule has 1 unspecified atom stereocenters. The molecule has 1 aromatic rings. The van der Waals surface area contributed by atoms with Gasteiger partial charge in [-0.1, -0.05) is 19.1 Å². The predicted molar refractivity (Wildman–Crippen MR) is 53.1 cm³/mol. The Bertz CT molecular complexity index is 271. The van der Waals surface area contributed by atoms with Crippen molar-refractivity contribution in [2.24, 2.45) is 0 Å². The van der Waals surface area contributed by atoms with Crippen molar-refractivity contribution >= 4 is 0 Å². The minimum Gasteiger partial charge on any atom is -0.302 e. The van der Waals surface area contributed by atoms with Gasteiger partial charge in [-0.15, -0.1) is 0 Å². The average Bonchev–Trinajstić information content (AvgIpc) is 2.04. The van der Waals surface area contributed by atoms with E-state index in [1.807, 2.05) is 20.2 Å². The smallest absolute Gasteiger partial charge is 0.123 e. The summed E-state index contributed by atoms with van der Waals surface area (Å²) in [6.07, 6.45) is 0.996. The monoisotopic (exact) mass is 181 g/mol. The highest BCUT2D eigenvalue weighted by Crippen LogP contribution is 2.21. The third-order valence-electron chi connectivity index (χ3n) is 2.24. The van der Waals surface area contributed by atoms with E-state index >= 15 is 0 Å². The standard InChI is InChI=1S/C11H16FN/c1-4-11(13(2)3)9-6-5-7-10(12)8-9/h5-8,11H,4H2,1-3H3. The van der Waals surface area contributed by atoms with E-state index in [4.69, 9.17) is 0 Å². The van der Waals surface area contributed by atoms with E-state index in [-0.39, 0.29) is 5.82 Å². The summed E-state index contributed by atoms with van der Waals surface area (Å²) in [5, 5.41) is 0. The Balaban J connectivity index is 2.91. The Hall–Kier alpha value is -0.890. The zero-order valence-electron chi connectivity index (χ0n) is 8.42. The van der Waals surface area contributed by atoms with E-state index in [2.05, 4.69) is 11.8 Å². The Morgan fingerprint density at radius 3 is 2.54 bits per heavy atom. The first-order chi connectivity index (χ1) is 6.15. The largest absolute Gasteiger partial charge is 0.302 e. The Labute approximate surface area is 79.2 Å². The lowest BCUT2D eigenvalue weighted by Crippen LogP contribution is -2.19. The topological polar surface area (TPSA) is 3.24 Å². The predicted octanol–water partition coefficient (Wildman–Crippen LogP) is 2.84. The molecule has 0 amide bonds. The summed E-state index contributed by atoms with van der Waals surface area (Å²) >= 11 is 0. The molecular weight excluding hydrogens is 165 g/mol. The summed E-state index contributed by atoms with van der Waals surface area (Å²) in [5.41, 5.74) is 1.05. The van der Waals surface area contributed by atoms with Gasteiger partial charge in [0.05, 0.1) is 0 Å². The van der Waals surface area contributed by atoms with Gasteiger partial charge >= 0.3 is 0 Å². The summed E-state index contributed by atoms with van der Waals surface area (Å²) in [5.74, 6) is -0.155. The second-order valence-corrected chi connectivity index (χ2v) is 3.44. The molecule has 1 nitrogen and oxygen atoms in total. The zero-order valence-corrected chi connectivity index (χ0v) is 8.42. The van der Waals surface area contributed by atoms with Gasteiger partial charge in [-0.2, -0.15) is 0 Å². The number of benzene rings is 1. The van der Waals surface area contributed by atoms with Crippen LogP contribution in [-0.4, -0.2) is 19.0 Å². The molecule has 0 spiro atoms. The van der Waals surface area contributed by atoms with E-state index in [0.29, 0.717) is 6.04 Å². The number of hydrogen-bond acceptors (Lipinski definition) is 1. The van der Waals surface area contributed by atoms with Crippen LogP contribution in [0.25, 0.3) is 0 Å². The normalized spacial score (nSPS) is 13.3. The summed E-state index contributed by atoms with van der Waals surface area (Å²) < 4.78 is 12.9. The second-order valence-electron chi connectivity index (χ2n) is 3.44. The van der Waals surface area contributed by atoms with Gasteiger partial charge in [0.1, 0.15) is 5.82 Å². The highest BCUT2D eigenvalue weighted by molar-refractivity contribution is 5.19. The fourth-order valence-electron chi connectivity index (χ4n) is 1.61. The molecule has 0 bridgehead atoms. The molecular formula is C11H16FN. The third kappa shape index (κ3) is 2.52. The summed E-state index contributed by atoms with van der Waals surface area (Å²) in [7, 11) is 4.03. The fourth-order valence-corrected chi connectivity index (χ4v) is 1.61. The van der Waals surface area contributed by atoms with Crippen molar-refractivity contribution in [3.05, 3.63) is 35.6 Å². The summed E-state index contributed by atoms with van der Waals surface area (Å²) in [4.78, 5) is 2.11. The van der Waals surface area contributed by atoms with Gasteiger partial charge in [-0.25, -0.2) is 4.39 Å². The van der Waals surface area contributed by atoms with Gasteiger partial charge in [-0.05, 0) is 38.2 Å². The lowest BCUT2D eigenvalue weighted by Gasteiger charge is -2.23. The number of rotatable bonds is 3. The first-order valence-corrected chi connectivity index (χ1v) is 4.57. The molecule has 0 aromatic heterocycles. The van der Waals surface area contributed by atoms with Crippen molar-refractivity contribution < 1.29 is 4.39 Å². The van der Waals surface area contributed by atoms with Gasteiger partial charge in [-0.3, -0.25) is 0 Å². The maximum atomic E-state index is 12.9. The van der Waals surface area contributed by atoms with E-state index in [0.717, 1.165) is 12.0 Å². The molecule has 0 N–H and O–H groups in total. The SMILES string of the molecule is CCC(c1cccc(F)c1)N(C)C. The molecule has 0 saturated carbocycles. The molecule has 72 valence electrons. The molecule has 0 heterocycles. The minimum absolute atomic E-state index is 0.155. The highest BCUT2D eigenvalue weighted by atomic mass is 19.1. The van der Waals surface area contributed by atoms with Gasteiger partial charge in [0.15, 0.2) is 0 Å². The van der Waals surface area contributed by atoms with Crippen molar-refractivity contribution in [1.29, 1.82) is 0 Å². The first kappa shape index (κ1) is 10.2. The second kappa shape index (κ2) is 4.38. The molecule has 0 aliphatic heterocycles. The Morgan fingerprint density at radius 1 is 1.38 bits per heavy atom. The zero-order chi connectivity index (χ0) is 9.84. The van der Waals surface area contributed by atoms with Crippen LogP contribution in [0.1, 0.15) is 24.9 Å². The van der Waals surface area contributed by atoms with E-state index in [9.17, 15) is 4.39 Å². The number of halogens is 1. The average molecular weight is 181 g/mol. The Kier molecular flexibility index (Phi) is 3.43. The molecule has 0 fully saturated rings. The molecule has 13 heavy (non-hydrogen) atoms. The number of nitrogens with zero attached hydrogens (tertiary/aromatic N) is 1. The van der Waals surface area contributed by atoms with Crippen LogP contribution in [0.15, 0.2) is 24.3 Å². The van der Waals surface area contributed by atoms with Crippen LogP contribution >= 0.6 is 0 Å². The van der Waals surface area contributed by atoms with Crippen molar-refractivity contribution in [1.82, 2.24) is 4.90 Å². The first-order valence-electron chi connectivity index (χ1n) is 4.57. The molecule has 0 aliphatic rings. The van der Waals surface area contributed by atoms with Crippen LogP contribution in [-0.2, 0) is 0 Å². The molecule has 1 rings (SSSR count). The van der Waals surface area contributed by atoms with E-state index in [1.165, 1.54) is 6.07 Å². The summed E-state index contributed by atoms with van der Waals surface area (Å²) in [6.45, 7) is 2.11. The maximum Gasteiger partial charge on any atom is 0.123 e. The van der Waals surface area contributed by atoms with Crippen molar-refractivity contribution in [3.8, 4) is 0 Å². The molecule has 0 saturated heterocycles. The molecule has 1 aromatic carbocycles. The Morgan fingerprint density at radius 2 is 2.08 bits per heavy atom. The van der Waals surface area contributed by atoms with Gasteiger partial charge < -0.3 is 4.90 Å². The summed E-state index contributed by atoms with van der Waals surface area (Å²) in [6, 6.07) is 7.13. The van der Waals surface area contributed by atoms with Crippen molar-refractivity contribution in [3.63, 3.8) is 0 Å². The maximum absolute atomic E-state index is 12.9. The fraction of sp³-hybridized carbons (Fsp3) is 0.455.